The predicted octanol–water partition coefficient (Wildman–Crippen LogP) is 3.96. The Morgan fingerprint density at radius 3 is 2.95 bits per heavy atom. The molecule has 0 radical (unpaired) electrons. The van der Waals surface area contributed by atoms with Gasteiger partial charge in [-0.25, -0.2) is 9.78 Å². The maximum Gasteiger partial charge on any atom is 0.332 e. The molecular formula is C31H35N7O4S. The fraction of sp³-hybridized carbons (Fsp3) is 0.355. The molecule has 4 amide bonds. The van der Waals surface area contributed by atoms with Crippen molar-refractivity contribution in [3.63, 3.8) is 0 Å². The molecule has 2 aromatic heterocycles. The van der Waals surface area contributed by atoms with Crippen molar-refractivity contribution in [3.05, 3.63) is 72.5 Å². The number of thiazole rings is 1. The van der Waals surface area contributed by atoms with E-state index in [0.717, 1.165) is 45.2 Å². The Morgan fingerprint density at radius 2 is 2.14 bits per heavy atom. The Bertz CT molecular complexity index is 1680. The second kappa shape index (κ2) is 12.1. The summed E-state index contributed by atoms with van der Waals surface area (Å²) in [5.41, 5.74) is 9.33. The van der Waals surface area contributed by atoms with E-state index in [1.165, 1.54) is 16.3 Å². The molecule has 3 N–H and O–H groups in total. The lowest BCUT2D eigenvalue weighted by Crippen LogP contribution is -2.66. The molecule has 4 heterocycles. The zero-order valence-corrected chi connectivity index (χ0v) is 24.9. The first-order valence-electron chi connectivity index (χ1n) is 14.5. The highest BCUT2D eigenvalue weighted by atomic mass is 32.1. The lowest BCUT2D eigenvalue weighted by Gasteiger charge is -2.46. The smallest absolute Gasteiger partial charge is 0.332 e. The van der Waals surface area contributed by atoms with Crippen molar-refractivity contribution >= 4 is 55.5 Å². The summed E-state index contributed by atoms with van der Waals surface area (Å²) in [6.45, 7) is 7.17. The summed E-state index contributed by atoms with van der Waals surface area (Å²) >= 11 is 1.40. The maximum atomic E-state index is 14.2. The molecule has 2 aromatic carbocycles. The molecule has 0 aliphatic carbocycles. The van der Waals surface area contributed by atoms with Gasteiger partial charge in [0.25, 0.3) is 0 Å². The number of carbonyl (C=O) groups excluding carboxylic acids is 3. The molecule has 2 fully saturated rings. The van der Waals surface area contributed by atoms with Gasteiger partial charge < -0.3 is 25.3 Å². The summed E-state index contributed by atoms with van der Waals surface area (Å²) in [7, 11) is 0. The van der Waals surface area contributed by atoms with Crippen molar-refractivity contribution in [2.75, 3.05) is 31.9 Å². The molecule has 0 saturated carbocycles. The Hall–Kier alpha value is -4.42. The number of rotatable bonds is 10. The third kappa shape index (κ3) is 5.55. The number of aromatic nitrogens is 1. The van der Waals surface area contributed by atoms with Gasteiger partial charge in [-0.3, -0.25) is 14.6 Å². The number of para-hydroxylation sites is 1. The normalized spacial score (nSPS) is 18.9. The van der Waals surface area contributed by atoms with E-state index >= 15 is 0 Å². The minimum absolute atomic E-state index is 0.0176. The van der Waals surface area contributed by atoms with Crippen LogP contribution in [0.1, 0.15) is 30.9 Å². The van der Waals surface area contributed by atoms with Crippen LogP contribution in [0.5, 0.6) is 0 Å². The summed E-state index contributed by atoms with van der Waals surface area (Å²) in [6, 6.07) is 12.5. The molecule has 2 aliphatic rings. The molecule has 2 atom stereocenters. The Morgan fingerprint density at radius 1 is 1.28 bits per heavy atom. The number of carbonyl (C=O) groups is 3. The second-order valence-corrected chi connectivity index (χ2v) is 11.9. The predicted molar refractivity (Wildman–Crippen MR) is 166 cm³/mol. The summed E-state index contributed by atoms with van der Waals surface area (Å²) in [5, 5.41) is 7.67. The molecule has 6 rings (SSSR count). The van der Waals surface area contributed by atoms with Crippen molar-refractivity contribution in [2.24, 2.45) is 0 Å². The Kier molecular flexibility index (Phi) is 8.04. The number of benzene rings is 2. The van der Waals surface area contributed by atoms with E-state index in [0.29, 0.717) is 24.6 Å². The van der Waals surface area contributed by atoms with Crippen LogP contribution in [-0.2, 0) is 22.6 Å². The van der Waals surface area contributed by atoms with E-state index in [4.69, 9.17) is 10.2 Å². The molecule has 224 valence electrons. The first-order valence-corrected chi connectivity index (χ1v) is 15.3. The van der Waals surface area contributed by atoms with E-state index in [9.17, 15) is 14.4 Å². The molecule has 12 heteroatoms. The van der Waals surface area contributed by atoms with Crippen LogP contribution in [-0.4, -0.2) is 81.0 Å². The van der Waals surface area contributed by atoms with Gasteiger partial charge in [-0.15, -0.1) is 6.58 Å². The van der Waals surface area contributed by atoms with E-state index in [2.05, 4.69) is 23.8 Å². The summed E-state index contributed by atoms with van der Waals surface area (Å²) in [6.07, 6.45) is 4.85. The number of hydrazine groups is 1. The van der Waals surface area contributed by atoms with Crippen LogP contribution < -0.4 is 11.1 Å². The van der Waals surface area contributed by atoms with Crippen molar-refractivity contribution in [2.45, 2.75) is 44.9 Å². The largest absolute Gasteiger partial charge is 0.464 e. The zero-order valence-electron chi connectivity index (χ0n) is 24.1. The van der Waals surface area contributed by atoms with Crippen LogP contribution in [0.2, 0.25) is 0 Å². The van der Waals surface area contributed by atoms with Crippen LogP contribution in [0.4, 0.5) is 9.93 Å². The number of urea groups is 1. The van der Waals surface area contributed by atoms with Gasteiger partial charge in [-0.05, 0) is 41.8 Å². The number of fused-ring (bicyclic) bond motifs is 3. The van der Waals surface area contributed by atoms with Gasteiger partial charge in [0, 0.05) is 24.9 Å². The number of anilines is 1. The summed E-state index contributed by atoms with van der Waals surface area (Å²) in [4.78, 5) is 49.2. The molecule has 11 nitrogen and oxygen atoms in total. The number of hydrogen-bond donors (Lipinski definition) is 2. The number of amides is 4. The lowest BCUT2D eigenvalue weighted by atomic mass is 9.99. The number of furan rings is 1. The fourth-order valence-electron chi connectivity index (χ4n) is 6.00. The van der Waals surface area contributed by atoms with Gasteiger partial charge in [0.2, 0.25) is 11.8 Å². The van der Waals surface area contributed by atoms with Crippen LogP contribution in [0, 0.1) is 0 Å². The van der Waals surface area contributed by atoms with E-state index < -0.39 is 12.2 Å². The number of hydrogen-bond acceptors (Lipinski definition) is 8. The molecular weight excluding hydrogens is 566 g/mol. The minimum Gasteiger partial charge on any atom is -0.464 e. The number of nitrogens with one attached hydrogen (secondary N) is 1. The van der Waals surface area contributed by atoms with Gasteiger partial charge >= 0.3 is 6.03 Å². The molecule has 0 spiro atoms. The maximum absolute atomic E-state index is 14.2. The summed E-state index contributed by atoms with van der Waals surface area (Å²) in [5.74, 6) is -0.348. The standard InChI is InChI=1S/C31H35N7O4S/c1-3-5-12-33-31(41)36(13-4-2)37-19-27(39)38-23(16-20-9-10-24-21(15-20)11-14-42-24)29(40)35(18-26(37)38)17-22-7-6-8-25-28(22)34-30(32)43-25/h4,6-11,14-15,23,26H,2-3,5,12-13,16-19H2,1H3,(H2,32,34)(H,33,41)/t23-,26+/m0/s1. The topological polar surface area (TPSA) is 128 Å². The van der Waals surface area contributed by atoms with E-state index in [-0.39, 0.29) is 37.5 Å². The van der Waals surface area contributed by atoms with Crippen LogP contribution in [0.3, 0.4) is 0 Å². The first-order chi connectivity index (χ1) is 20.9. The van der Waals surface area contributed by atoms with Gasteiger partial charge in [-0.2, -0.15) is 5.01 Å². The second-order valence-electron chi connectivity index (χ2n) is 10.9. The number of nitrogen functional groups attached to an aromatic ring is 1. The summed E-state index contributed by atoms with van der Waals surface area (Å²) < 4.78 is 6.45. The van der Waals surface area contributed by atoms with Gasteiger partial charge in [-0.1, -0.05) is 49.0 Å². The quantitative estimate of drug-likeness (QED) is 0.208. The van der Waals surface area contributed by atoms with Gasteiger partial charge in [0.1, 0.15) is 17.8 Å². The van der Waals surface area contributed by atoms with Crippen LogP contribution in [0.15, 0.2) is 65.8 Å². The SMILES string of the molecule is C=CCN(C(=O)NCCCC)N1CC(=O)N2[C@@H](Cc3ccc4occc4c3)C(=O)N(Cc3cccc4sc(N)nc34)C[C@@H]21. The average Bonchev–Trinajstić information content (AvgIpc) is 3.70. The van der Waals surface area contributed by atoms with E-state index in [1.54, 1.807) is 27.1 Å². The Labute approximate surface area is 253 Å². The van der Waals surface area contributed by atoms with Gasteiger partial charge in [0.15, 0.2) is 5.13 Å². The molecule has 4 aromatic rings. The number of nitrogens with zero attached hydrogens (tertiary/aromatic N) is 5. The first kappa shape index (κ1) is 28.7. The zero-order chi connectivity index (χ0) is 30.1. The molecule has 0 unspecified atom stereocenters. The third-order valence-electron chi connectivity index (χ3n) is 8.05. The number of unbranched alkanes of at least 4 members (excludes halogenated alkanes) is 1. The molecule has 0 bridgehead atoms. The highest BCUT2D eigenvalue weighted by Crippen LogP contribution is 2.33. The van der Waals surface area contributed by atoms with E-state index in [1.807, 2.05) is 42.5 Å². The van der Waals surface area contributed by atoms with Crippen molar-refractivity contribution in [3.8, 4) is 0 Å². The molecule has 2 saturated heterocycles. The van der Waals surface area contributed by atoms with Crippen molar-refractivity contribution < 1.29 is 18.8 Å². The fourth-order valence-corrected chi connectivity index (χ4v) is 6.78. The number of nitrogens with two attached hydrogens (primary N) is 1. The van der Waals surface area contributed by atoms with Gasteiger partial charge in [0.05, 0.1) is 36.1 Å². The van der Waals surface area contributed by atoms with Crippen LogP contribution >= 0.6 is 11.3 Å². The van der Waals surface area contributed by atoms with Crippen molar-refractivity contribution in [1.82, 2.24) is 30.1 Å². The third-order valence-corrected chi connectivity index (χ3v) is 8.90. The monoisotopic (exact) mass is 601 g/mol. The van der Waals surface area contributed by atoms with Crippen LogP contribution in [0.25, 0.3) is 21.2 Å². The highest BCUT2D eigenvalue weighted by molar-refractivity contribution is 7.22. The average molecular weight is 602 g/mol. The molecule has 2 aliphatic heterocycles. The highest BCUT2D eigenvalue weighted by Gasteiger charge is 2.52. The number of piperazine rings is 1. The minimum atomic E-state index is -0.756. The lowest BCUT2D eigenvalue weighted by molar-refractivity contribution is -0.157. The Balaban J connectivity index is 1.35. The van der Waals surface area contributed by atoms with Crippen molar-refractivity contribution in [1.29, 1.82) is 0 Å². The molecule has 43 heavy (non-hydrogen) atoms.